The summed E-state index contributed by atoms with van der Waals surface area (Å²) in [7, 11) is 0.903. The SMILES string of the molecule is COC(=O)C1(F)c2cc(C#N)c(F)cc2OCC1F. The zero-order chi connectivity index (χ0) is 14.2. The molecule has 0 saturated heterocycles. The Morgan fingerprint density at radius 1 is 1.63 bits per heavy atom. The van der Waals surface area contributed by atoms with Crippen molar-refractivity contribution < 1.29 is 27.4 Å². The fourth-order valence-corrected chi connectivity index (χ4v) is 1.88. The van der Waals surface area contributed by atoms with Crippen LogP contribution in [0.3, 0.4) is 0 Å². The van der Waals surface area contributed by atoms with Gasteiger partial charge in [-0.1, -0.05) is 0 Å². The molecule has 2 unspecified atom stereocenters. The van der Waals surface area contributed by atoms with Crippen molar-refractivity contribution in [2.45, 2.75) is 11.8 Å². The molecule has 100 valence electrons. The van der Waals surface area contributed by atoms with Crippen LogP contribution < -0.4 is 4.74 Å². The topological polar surface area (TPSA) is 59.3 Å². The fourth-order valence-electron chi connectivity index (χ4n) is 1.88. The molecule has 1 aliphatic heterocycles. The second kappa shape index (κ2) is 4.46. The number of hydrogen-bond acceptors (Lipinski definition) is 4. The maximum atomic E-state index is 14.6. The lowest BCUT2D eigenvalue weighted by molar-refractivity contribution is -0.164. The van der Waals surface area contributed by atoms with Gasteiger partial charge in [-0.25, -0.2) is 18.0 Å². The van der Waals surface area contributed by atoms with Gasteiger partial charge in [-0.3, -0.25) is 0 Å². The summed E-state index contributed by atoms with van der Waals surface area (Å²) in [5, 5.41) is 8.69. The summed E-state index contributed by atoms with van der Waals surface area (Å²) in [5.74, 6) is -2.72. The summed E-state index contributed by atoms with van der Waals surface area (Å²) >= 11 is 0. The molecule has 1 heterocycles. The number of halogens is 3. The number of nitriles is 1. The van der Waals surface area contributed by atoms with E-state index < -0.39 is 41.4 Å². The van der Waals surface area contributed by atoms with Crippen molar-refractivity contribution in [2.75, 3.05) is 13.7 Å². The Bertz CT molecular complexity index is 584. The third-order valence-electron chi connectivity index (χ3n) is 2.88. The Hall–Kier alpha value is -2.23. The van der Waals surface area contributed by atoms with E-state index >= 15 is 0 Å². The Kier molecular flexibility index (Phi) is 3.10. The maximum Gasteiger partial charge on any atom is 0.351 e. The van der Waals surface area contributed by atoms with Gasteiger partial charge in [-0.15, -0.1) is 0 Å². The van der Waals surface area contributed by atoms with Gasteiger partial charge in [-0.05, 0) is 6.07 Å². The third-order valence-corrected chi connectivity index (χ3v) is 2.88. The smallest absolute Gasteiger partial charge is 0.351 e. The summed E-state index contributed by atoms with van der Waals surface area (Å²) in [6.45, 7) is -0.746. The average molecular weight is 271 g/mol. The highest BCUT2D eigenvalue weighted by Gasteiger charge is 2.55. The summed E-state index contributed by atoms with van der Waals surface area (Å²) in [5.41, 5.74) is -4.17. The molecule has 7 heteroatoms. The van der Waals surface area contributed by atoms with Crippen LogP contribution in [0.5, 0.6) is 5.75 Å². The molecular formula is C12H8F3NO3. The molecule has 0 saturated carbocycles. The predicted molar refractivity (Wildman–Crippen MR) is 56.3 cm³/mol. The van der Waals surface area contributed by atoms with E-state index in [4.69, 9.17) is 10.00 Å². The van der Waals surface area contributed by atoms with Crippen molar-refractivity contribution >= 4 is 5.97 Å². The molecular weight excluding hydrogens is 263 g/mol. The number of fused-ring (bicyclic) bond motifs is 1. The molecule has 1 aliphatic rings. The van der Waals surface area contributed by atoms with Crippen LogP contribution in [0, 0.1) is 17.1 Å². The first-order chi connectivity index (χ1) is 8.94. The number of rotatable bonds is 1. The Labute approximate surface area is 106 Å². The molecule has 19 heavy (non-hydrogen) atoms. The van der Waals surface area contributed by atoms with Crippen LogP contribution in [-0.2, 0) is 15.2 Å². The fraction of sp³-hybridized carbons (Fsp3) is 0.333. The van der Waals surface area contributed by atoms with Crippen LogP contribution in [0.15, 0.2) is 12.1 Å². The van der Waals surface area contributed by atoms with Crippen molar-refractivity contribution in [3.8, 4) is 11.8 Å². The molecule has 0 aliphatic carbocycles. The normalized spacial score (nSPS) is 24.9. The third kappa shape index (κ3) is 1.80. The number of hydrogen-bond donors (Lipinski definition) is 0. The molecule has 1 aromatic carbocycles. The number of esters is 1. The Balaban J connectivity index is 2.68. The van der Waals surface area contributed by atoms with Crippen molar-refractivity contribution in [3.05, 3.63) is 29.1 Å². The van der Waals surface area contributed by atoms with Crippen LogP contribution in [0.25, 0.3) is 0 Å². The lowest BCUT2D eigenvalue weighted by Gasteiger charge is -2.32. The Morgan fingerprint density at radius 2 is 2.32 bits per heavy atom. The monoisotopic (exact) mass is 271 g/mol. The lowest BCUT2D eigenvalue weighted by atomic mass is 9.87. The van der Waals surface area contributed by atoms with Gasteiger partial charge in [0, 0.05) is 11.6 Å². The molecule has 0 radical (unpaired) electrons. The number of carbonyl (C=O) groups excluding carboxylic acids is 1. The number of benzene rings is 1. The summed E-state index contributed by atoms with van der Waals surface area (Å²) in [6, 6.07) is 2.99. The summed E-state index contributed by atoms with van der Waals surface area (Å²) < 4.78 is 50.8. The van der Waals surface area contributed by atoms with E-state index in [0.29, 0.717) is 0 Å². The van der Waals surface area contributed by atoms with Crippen molar-refractivity contribution in [1.29, 1.82) is 5.26 Å². The van der Waals surface area contributed by atoms with Crippen molar-refractivity contribution in [3.63, 3.8) is 0 Å². The van der Waals surface area contributed by atoms with E-state index in [1.807, 2.05) is 0 Å². The van der Waals surface area contributed by atoms with Crippen LogP contribution in [-0.4, -0.2) is 25.9 Å². The first-order valence-corrected chi connectivity index (χ1v) is 5.23. The molecule has 0 amide bonds. The second-order valence-corrected chi connectivity index (χ2v) is 3.92. The van der Waals surface area contributed by atoms with Crippen LogP contribution in [0.4, 0.5) is 13.2 Å². The van der Waals surface area contributed by atoms with E-state index in [0.717, 1.165) is 19.2 Å². The van der Waals surface area contributed by atoms with Crippen molar-refractivity contribution in [1.82, 2.24) is 0 Å². The van der Waals surface area contributed by atoms with Gasteiger partial charge in [0.15, 0.2) is 6.17 Å². The van der Waals surface area contributed by atoms with Gasteiger partial charge < -0.3 is 9.47 Å². The minimum absolute atomic E-state index is 0.321. The number of methoxy groups -OCH3 is 1. The molecule has 0 fully saturated rings. The van der Waals surface area contributed by atoms with E-state index in [2.05, 4.69) is 4.74 Å². The number of alkyl halides is 2. The van der Waals surface area contributed by atoms with Gasteiger partial charge in [-0.2, -0.15) is 5.26 Å². The minimum Gasteiger partial charge on any atom is -0.490 e. The number of nitrogens with zero attached hydrogens (tertiary/aromatic N) is 1. The highest BCUT2D eigenvalue weighted by atomic mass is 19.2. The highest BCUT2D eigenvalue weighted by Crippen LogP contribution is 2.43. The van der Waals surface area contributed by atoms with Gasteiger partial charge in [0.2, 0.25) is 0 Å². The molecule has 4 nitrogen and oxygen atoms in total. The summed E-state index contributed by atoms with van der Waals surface area (Å²) in [4.78, 5) is 11.5. The molecule has 1 aromatic rings. The average Bonchev–Trinajstić information content (AvgIpc) is 2.41. The predicted octanol–water partition coefficient (Wildman–Crippen LogP) is 1.77. The zero-order valence-corrected chi connectivity index (χ0v) is 9.75. The maximum absolute atomic E-state index is 14.6. The standard InChI is InChI=1S/C12H8F3NO3/c1-18-11(17)12(15)7-2-6(4-16)8(13)3-9(7)19-5-10(12)14/h2-3,10H,5H2,1H3. The zero-order valence-electron chi connectivity index (χ0n) is 9.75. The summed E-state index contributed by atoms with van der Waals surface area (Å²) in [6.07, 6.45) is -2.30. The first-order valence-electron chi connectivity index (χ1n) is 5.23. The quantitative estimate of drug-likeness (QED) is 0.730. The van der Waals surface area contributed by atoms with Crippen LogP contribution >= 0.6 is 0 Å². The van der Waals surface area contributed by atoms with E-state index in [-0.39, 0.29) is 5.75 Å². The molecule has 0 aromatic heterocycles. The second-order valence-electron chi connectivity index (χ2n) is 3.92. The molecule has 2 rings (SSSR count). The molecule has 2 atom stereocenters. The van der Waals surface area contributed by atoms with Gasteiger partial charge in [0.05, 0.1) is 12.7 Å². The number of ether oxygens (including phenoxy) is 2. The van der Waals surface area contributed by atoms with Crippen molar-refractivity contribution in [2.24, 2.45) is 0 Å². The minimum atomic E-state index is -3.11. The Morgan fingerprint density at radius 3 is 2.89 bits per heavy atom. The lowest BCUT2D eigenvalue weighted by Crippen LogP contribution is -2.47. The molecule has 0 N–H and O–H groups in total. The van der Waals surface area contributed by atoms with E-state index in [1.165, 1.54) is 6.07 Å². The molecule has 0 bridgehead atoms. The molecule has 0 spiro atoms. The van der Waals surface area contributed by atoms with Crippen LogP contribution in [0.1, 0.15) is 11.1 Å². The van der Waals surface area contributed by atoms with Gasteiger partial charge in [0.25, 0.3) is 5.67 Å². The van der Waals surface area contributed by atoms with Gasteiger partial charge in [0.1, 0.15) is 24.2 Å². The highest BCUT2D eigenvalue weighted by molar-refractivity contribution is 5.83. The number of carbonyl (C=O) groups is 1. The largest absolute Gasteiger partial charge is 0.490 e. The van der Waals surface area contributed by atoms with Crippen LogP contribution in [0.2, 0.25) is 0 Å². The van der Waals surface area contributed by atoms with E-state index in [1.54, 1.807) is 0 Å². The van der Waals surface area contributed by atoms with Gasteiger partial charge >= 0.3 is 5.97 Å². The first kappa shape index (κ1) is 13.2. The van der Waals surface area contributed by atoms with E-state index in [9.17, 15) is 18.0 Å².